The summed E-state index contributed by atoms with van der Waals surface area (Å²) in [6.45, 7) is 1.85. The van der Waals surface area contributed by atoms with Crippen LogP contribution in [0.25, 0.3) is 0 Å². The van der Waals surface area contributed by atoms with Crippen LogP contribution in [0, 0.1) is 0 Å². The minimum Gasteiger partial charge on any atom is -0.491 e. The van der Waals surface area contributed by atoms with E-state index in [2.05, 4.69) is 15.5 Å². The fourth-order valence-corrected chi connectivity index (χ4v) is 1.52. The highest BCUT2D eigenvalue weighted by molar-refractivity contribution is 5.48. The third-order valence-electron chi connectivity index (χ3n) is 2.43. The van der Waals surface area contributed by atoms with Gasteiger partial charge in [-0.3, -0.25) is 5.10 Å². The van der Waals surface area contributed by atoms with Gasteiger partial charge in [0.2, 0.25) is 0 Å². The van der Waals surface area contributed by atoms with E-state index < -0.39 is 0 Å². The van der Waals surface area contributed by atoms with Gasteiger partial charge in [0.1, 0.15) is 12.4 Å². The van der Waals surface area contributed by atoms with Crippen LogP contribution in [0.2, 0.25) is 0 Å². The quantitative estimate of drug-likeness (QED) is 0.735. The molecule has 0 fully saturated rings. The maximum absolute atomic E-state index is 5.54. The Morgan fingerprint density at radius 1 is 1.28 bits per heavy atom. The van der Waals surface area contributed by atoms with Gasteiger partial charge in [-0.05, 0) is 18.2 Å². The van der Waals surface area contributed by atoms with Crippen LogP contribution in [0.5, 0.6) is 5.75 Å². The molecule has 0 aliphatic rings. The number of aromatic nitrogens is 2. The topological polar surface area (TPSA) is 59.2 Å². The Balaban J connectivity index is 1.86. The number of anilines is 1. The van der Waals surface area contributed by atoms with Crippen molar-refractivity contribution in [1.82, 2.24) is 10.2 Å². The lowest BCUT2D eigenvalue weighted by atomic mass is 10.3. The van der Waals surface area contributed by atoms with Crippen molar-refractivity contribution in [3.05, 3.63) is 42.2 Å². The average molecular weight is 247 g/mol. The van der Waals surface area contributed by atoms with Gasteiger partial charge in [0.25, 0.3) is 0 Å². The molecular formula is C13H17N3O2. The Morgan fingerprint density at radius 3 is 3.00 bits per heavy atom. The molecule has 2 rings (SSSR count). The number of aromatic amines is 1. The summed E-state index contributed by atoms with van der Waals surface area (Å²) in [6, 6.07) is 9.78. The Labute approximate surface area is 106 Å². The summed E-state index contributed by atoms with van der Waals surface area (Å²) in [5, 5.41) is 10.1. The summed E-state index contributed by atoms with van der Waals surface area (Å²) < 4.78 is 10.5. The summed E-state index contributed by atoms with van der Waals surface area (Å²) in [6.07, 6.45) is 1.74. The lowest BCUT2D eigenvalue weighted by molar-refractivity contribution is 0.146. The molecule has 2 aromatic rings. The van der Waals surface area contributed by atoms with Crippen LogP contribution in [-0.2, 0) is 11.3 Å². The molecule has 1 heterocycles. The zero-order valence-corrected chi connectivity index (χ0v) is 10.3. The number of nitrogens with one attached hydrogen (secondary N) is 2. The van der Waals surface area contributed by atoms with E-state index in [0.29, 0.717) is 19.8 Å². The average Bonchev–Trinajstić information content (AvgIpc) is 2.90. The van der Waals surface area contributed by atoms with Crippen LogP contribution in [-0.4, -0.2) is 30.5 Å². The molecule has 0 aliphatic heterocycles. The van der Waals surface area contributed by atoms with Gasteiger partial charge in [0.05, 0.1) is 18.8 Å². The fourth-order valence-electron chi connectivity index (χ4n) is 1.52. The second kappa shape index (κ2) is 6.66. The standard InChI is InChI=1S/C13H17N3O2/c1-17-7-8-18-13-4-2-3-11(9-13)14-10-12-5-6-15-16-12/h2-6,9,14H,7-8,10H2,1H3,(H,15,16). The van der Waals surface area contributed by atoms with Gasteiger partial charge in [-0.1, -0.05) is 6.07 Å². The van der Waals surface area contributed by atoms with Gasteiger partial charge in [-0.25, -0.2) is 0 Å². The van der Waals surface area contributed by atoms with Crippen molar-refractivity contribution in [2.75, 3.05) is 25.6 Å². The van der Waals surface area contributed by atoms with Crippen molar-refractivity contribution in [3.8, 4) is 5.75 Å². The summed E-state index contributed by atoms with van der Waals surface area (Å²) in [4.78, 5) is 0. The van der Waals surface area contributed by atoms with Gasteiger partial charge in [-0.15, -0.1) is 0 Å². The van der Waals surface area contributed by atoms with Crippen LogP contribution in [0.1, 0.15) is 5.69 Å². The first-order chi connectivity index (χ1) is 8.88. The SMILES string of the molecule is COCCOc1cccc(NCc2ccn[nH]2)c1. The van der Waals surface area contributed by atoms with Crippen molar-refractivity contribution in [3.63, 3.8) is 0 Å². The molecule has 0 saturated carbocycles. The number of H-pyrrole nitrogens is 1. The molecule has 0 saturated heterocycles. The lowest BCUT2D eigenvalue weighted by Crippen LogP contribution is -2.05. The Hall–Kier alpha value is -2.01. The highest BCUT2D eigenvalue weighted by atomic mass is 16.5. The minimum absolute atomic E-state index is 0.556. The van der Waals surface area contributed by atoms with Crippen molar-refractivity contribution < 1.29 is 9.47 Å². The van der Waals surface area contributed by atoms with E-state index in [1.165, 1.54) is 0 Å². The van der Waals surface area contributed by atoms with Crippen LogP contribution < -0.4 is 10.1 Å². The normalized spacial score (nSPS) is 10.3. The predicted molar refractivity (Wildman–Crippen MR) is 69.7 cm³/mol. The highest BCUT2D eigenvalue weighted by Crippen LogP contribution is 2.17. The molecule has 0 unspecified atom stereocenters. The maximum Gasteiger partial charge on any atom is 0.121 e. The first-order valence-corrected chi connectivity index (χ1v) is 5.82. The molecule has 5 heteroatoms. The first kappa shape index (κ1) is 12.4. The monoisotopic (exact) mass is 247 g/mol. The Bertz CT molecular complexity index is 457. The molecule has 0 bridgehead atoms. The lowest BCUT2D eigenvalue weighted by Gasteiger charge is -2.09. The van der Waals surface area contributed by atoms with E-state index in [9.17, 15) is 0 Å². The van der Waals surface area contributed by atoms with Gasteiger partial charge in [0, 0.05) is 25.1 Å². The molecule has 1 aromatic carbocycles. The number of hydrogen-bond donors (Lipinski definition) is 2. The number of nitrogens with zero attached hydrogens (tertiary/aromatic N) is 1. The number of methoxy groups -OCH3 is 1. The number of hydrogen-bond acceptors (Lipinski definition) is 4. The zero-order valence-electron chi connectivity index (χ0n) is 10.3. The van der Waals surface area contributed by atoms with E-state index in [-0.39, 0.29) is 0 Å². The third-order valence-corrected chi connectivity index (χ3v) is 2.43. The second-order valence-electron chi connectivity index (χ2n) is 3.80. The molecule has 96 valence electrons. The van der Waals surface area contributed by atoms with Crippen molar-refractivity contribution in [2.45, 2.75) is 6.54 Å². The summed E-state index contributed by atoms with van der Waals surface area (Å²) in [5.41, 5.74) is 2.06. The van der Waals surface area contributed by atoms with Gasteiger partial charge >= 0.3 is 0 Å². The van der Waals surface area contributed by atoms with Gasteiger partial charge in [0.15, 0.2) is 0 Å². The van der Waals surface area contributed by atoms with E-state index >= 15 is 0 Å². The summed E-state index contributed by atoms with van der Waals surface area (Å²) in [5.74, 6) is 0.835. The second-order valence-corrected chi connectivity index (χ2v) is 3.80. The Kier molecular flexibility index (Phi) is 4.60. The van der Waals surface area contributed by atoms with E-state index in [0.717, 1.165) is 17.1 Å². The van der Waals surface area contributed by atoms with Crippen LogP contribution in [0.3, 0.4) is 0 Å². The molecule has 0 atom stereocenters. The van der Waals surface area contributed by atoms with Crippen molar-refractivity contribution in [2.24, 2.45) is 0 Å². The Morgan fingerprint density at radius 2 is 2.22 bits per heavy atom. The smallest absolute Gasteiger partial charge is 0.121 e. The van der Waals surface area contributed by atoms with Crippen molar-refractivity contribution >= 4 is 5.69 Å². The molecule has 1 aromatic heterocycles. The molecule has 0 aliphatic carbocycles. The largest absolute Gasteiger partial charge is 0.491 e. The molecular weight excluding hydrogens is 230 g/mol. The predicted octanol–water partition coefficient (Wildman–Crippen LogP) is 2.05. The number of rotatable bonds is 7. The summed E-state index contributed by atoms with van der Waals surface area (Å²) >= 11 is 0. The molecule has 0 spiro atoms. The first-order valence-electron chi connectivity index (χ1n) is 5.82. The maximum atomic E-state index is 5.54. The summed E-state index contributed by atoms with van der Waals surface area (Å²) in [7, 11) is 1.66. The van der Waals surface area contributed by atoms with Crippen LogP contribution in [0.4, 0.5) is 5.69 Å². The molecule has 18 heavy (non-hydrogen) atoms. The van der Waals surface area contributed by atoms with Crippen molar-refractivity contribution in [1.29, 1.82) is 0 Å². The number of benzene rings is 1. The molecule has 5 nitrogen and oxygen atoms in total. The fraction of sp³-hybridized carbons (Fsp3) is 0.308. The highest BCUT2D eigenvalue weighted by Gasteiger charge is 1.98. The van der Waals surface area contributed by atoms with Gasteiger partial charge < -0.3 is 14.8 Å². The minimum atomic E-state index is 0.556. The number of ether oxygens (including phenoxy) is 2. The molecule has 0 radical (unpaired) electrons. The van der Waals surface area contributed by atoms with Crippen LogP contribution in [0.15, 0.2) is 36.5 Å². The van der Waals surface area contributed by atoms with E-state index in [1.54, 1.807) is 13.3 Å². The van der Waals surface area contributed by atoms with E-state index in [4.69, 9.17) is 9.47 Å². The molecule has 0 amide bonds. The zero-order chi connectivity index (χ0) is 12.6. The van der Waals surface area contributed by atoms with E-state index in [1.807, 2.05) is 30.3 Å². The van der Waals surface area contributed by atoms with Gasteiger partial charge in [-0.2, -0.15) is 5.10 Å². The van der Waals surface area contributed by atoms with Crippen LogP contribution >= 0.6 is 0 Å². The third kappa shape index (κ3) is 3.78. The molecule has 2 N–H and O–H groups in total.